The number of aliphatic hydroxyl groups excluding tert-OH is 1. The van der Waals surface area contributed by atoms with E-state index in [-0.39, 0.29) is 25.0 Å². The fourth-order valence-electron chi connectivity index (χ4n) is 3.67. The van der Waals surface area contributed by atoms with Crippen molar-refractivity contribution in [3.63, 3.8) is 0 Å². The number of imidazole rings is 1. The maximum atomic E-state index is 12.8. The number of fused-ring (bicyclic) bond motifs is 1. The summed E-state index contributed by atoms with van der Waals surface area (Å²) in [6, 6.07) is 0. The van der Waals surface area contributed by atoms with Crippen molar-refractivity contribution in [2.75, 3.05) is 19.8 Å². The number of allylic oxidation sites excluding steroid dienone is 2. The number of aliphatic hydroxyl groups is 1. The standard InChI is InChI=1S/C17H22N3O9P/c18-15(23)12-16(24)20(8-19-12)17-14(22)13(21)11(29-17)7-28-30(25)26-5-9-3-1-2-4-10(9)6-27-30/h1-2,8-11,14,17,22,24H,3-7H2,(H2,18,23)/t9?,10?,11-,14-,17-,30?/m1/s1. The minimum Gasteiger partial charge on any atom is -0.493 e. The molecule has 2 saturated heterocycles. The summed E-state index contributed by atoms with van der Waals surface area (Å²) in [7, 11) is -3.91. The summed E-state index contributed by atoms with van der Waals surface area (Å²) < 4.78 is 35.2. The number of nitrogens with two attached hydrogens (primary N) is 1. The Labute approximate surface area is 171 Å². The average molecular weight is 443 g/mol. The first-order chi connectivity index (χ1) is 14.3. The predicted molar refractivity (Wildman–Crippen MR) is 98.2 cm³/mol. The van der Waals surface area contributed by atoms with Gasteiger partial charge in [0, 0.05) is 0 Å². The van der Waals surface area contributed by atoms with Gasteiger partial charge in [0.1, 0.15) is 12.4 Å². The number of amides is 1. The van der Waals surface area contributed by atoms with Crippen molar-refractivity contribution in [2.24, 2.45) is 17.6 Å². The van der Waals surface area contributed by atoms with Crippen molar-refractivity contribution in [3.05, 3.63) is 24.2 Å². The van der Waals surface area contributed by atoms with Gasteiger partial charge in [-0.3, -0.25) is 27.7 Å². The lowest BCUT2D eigenvalue weighted by molar-refractivity contribution is -0.128. The molecule has 4 N–H and O–H groups in total. The number of nitrogens with zero attached hydrogens (tertiary/aromatic N) is 2. The van der Waals surface area contributed by atoms with Gasteiger partial charge in [0.25, 0.3) is 5.91 Å². The molecular formula is C17H22N3O9P. The number of carbonyl (C=O) groups is 2. The highest BCUT2D eigenvalue weighted by Gasteiger charge is 2.46. The summed E-state index contributed by atoms with van der Waals surface area (Å²) >= 11 is 0. The van der Waals surface area contributed by atoms with Crippen molar-refractivity contribution in [2.45, 2.75) is 31.3 Å². The van der Waals surface area contributed by atoms with E-state index in [9.17, 15) is 24.4 Å². The van der Waals surface area contributed by atoms with E-state index in [1.165, 1.54) is 0 Å². The molecule has 4 rings (SSSR count). The molecule has 5 atom stereocenters. The molecule has 2 fully saturated rings. The number of rotatable bonds is 5. The number of aromatic nitrogens is 2. The van der Waals surface area contributed by atoms with E-state index in [1.54, 1.807) is 0 Å². The van der Waals surface area contributed by atoms with Crippen molar-refractivity contribution in [3.8, 4) is 5.88 Å². The highest BCUT2D eigenvalue weighted by molar-refractivity contribution is 7.48. The van der Waals surface area contributed by atoms with Crippen LogP contribution in [0, 0.1) is 11.8 Å². The zero-order chi connectivity index (χ0) is 21.5. The average Bonchev–Trinajstić information content (AvgIpc) is 3.17. The summed E-state index contributed by atoms with van der Waals surface area (Å²) in [5, 5.41) is 20.2. The first-order valence-corrected chi connectivity index (χ1v) is 10.9. The minimum absolute atomic E-state index is 0.175. The van der Waals surface area contributed by atoms with E-state index in [4.69, 9.17) is 24.0 Å². The van der Waals surface area contributed by atoms with Crippen LogP contribution in [0.1, 0.15) is 29.6 Å². The van der Waals surface area contributed by atoms with E-state index in [1.807, 2.05) is 12.2 Å². The van der Waals surface area contributed by atoms with Gasteiger partial charge < -0.3 is 20.7 Å². The summed E-state index contributed by atoms with van der Waals surface area (Å²) in [6.07, 6.45) is 2.36. The number of Topliss-reactive ketones (excluding diaryl/α,β-unsaturated/α-hetero) is 1. The van der Waals surface area contributed by atoms with Crippen molar-refractivity contribution >= 4 is 19.5 Å². The first-order valence-electron chi connectivity index (χ1n) is 9.40. The monoisotopic (exact) mass is 443 g/mol. The van der Waals surface area contributed by atoms with Crippen LogP contribution in [0.5, 0.6) is 5.88 Å². The molecule has 0 aromatic carbocycles. The van der Waals surface area contributed by atoms with Gasteiger partial charge in [0.15, 0.2) is 23.8 Å². The van der Waals surface area contributed by atoms with Gasteiger partial charge in [-0.2, -0.15) is 0 Å². The number of ketones is 1. The van der Waals surface area contributed by atoms with Gasteiger partial charge in [0.2, 0.25) is 5.88 Å². The largest absolute Gasteiger partial charge is 0.493 e. The van der Waals surface area contributed by atoms with Crippen molar-refractivity contribution in [1.82, 2.24) is 9.55 Å². The predicted octanol–water partition coefficient (Wildman–Crippen LogP) is 0.269. The molecule has 0 spiro atoms. The third-order valence-electron chi connectivity index (χ3n) is 5.45. The SMILES string of the molecule is NC(=O)c1ncn([C@@H]2O[C@H](COP3(=O)OCC4CC=CCC4CO3)C(=O)[C@H]2O)c1O. The Morgan fingerprint density at radius 2 is 1.93 bits per heavy atom. The molecule has 164 valence electrons. The lowest BCUT2D eigenvalue weighted by atomic mass is 9.84. The van der Waals surface area contributed by atoms with Crippen molar-refractivity contribution in [1.29, 1.82) is 0 Å². The Morgan fingerprint density at radius 1 is 1.30 bits per heavy atom. The summed E-state index contributed by atoms with van der Waals surface area (Å²) in [4.78, 5) is 27.2. The van der Waals surface area contributed by atoms with E-state index < -0.39 is 56.1 Å². The lowest BCUT2D eigenvalue weighted by Crippen LogP contribution is -2.28. The zero-order valence-electron chi connectivity index (χ0n) is 15.8. The molecule has 0 bridgehead atoms. The summed E-state index contributed by atoms with van der Waals surface area (Å²) in [5.41, 5.74) is 4.66. The second kappa shape index (κ2) is 8.22. The lowest BCUT2D eigenvalue weighted by Gasteiger charge is -2.23. The second-order valence-corrected chi connectivity index (χ2v) is 9.02. The normalized spacial score (nSPS) is 36.4. The Balaban J connectivity index is 1.40. The van der Waals surface area contributed by atoms with Gasteiger partial charge in [-0.25, -0.2) is 9.55 Å². The molecule has 1 aliphatic carbocycles. The fourth-order valence-corrected chi connectivity index (χ4v) is 4.96. The second-order valence-electron chi connectivity index (χ2n) is 7.35. The molecule has 0 saturated carbocycles. The van der Waals surface area contributed by atoms with Crippen LogP contribution in [0.4, 0.5) is 0 Å². The number of carbonyl (C=O) groups excluding carboxylic acids is 2. The number of hydrogen-bond acceptors (Lipinski definition) is 10. The molecular weight excluding hydrogens is 421 g/mol. The highest BCUT2D eigenvalue weighted by Crippen LogP contribution is 2.53. The van der Waals surface area contributed by atoms with Crippen LogP contribution in [0.2, 0.25) is 0 Å². The molecule has 30 heavy (non-hydrogen) atoms. The number of ether oxygens (including phenoxy) is 1. The topological polar surface area (TPSA) is 172 Å². The zero-order valence-corrected chi connectivity index (χ0v) is 16.7. The fraction of sp³-hybridized carbons (Fsp3) is 0.588. The van der Waals surface area contributed by atoms with Gasteiger partial charge in [-0.05, 0) is 24.7 Å². The number of primary amides is 1. The number of hydrogen-bond donors (Lipinski definition) is 3. The molecule has 2 unspecified atom stereocenters. The van der Waals surface area contributed by atoms with Crippen LogP contribution >= 0.6 is 7.82 Å². The Bertz CT molecular complexity index is 894. The molecule has 3 heterocycles. The molecule has 12 nitrogen and oxygen atoms in total. The molecule has 13 heteroatoms. The van der Waals surface area contributed by atoms with Crippen LogP contribution in [0.15, 0.2) is 18.5 Å². The maximum Gasteiger partial charge on any atom is 0.474 e. The molecule has 2 aliphatic heterocycles. The van der Waals surface area contributed by atoms with Crippen LogP contribution in [-0.4, -0.2) is 63.5 Å². The molecule has 1 aromatic heterocycles. The van der Waals surface area contributed by atoms with Gasteiger partial charge in [-0.1, -0.05) is 12.2 Å². The highest BCUT2D eigenvalue weighted by atomic mass is 31.2. The number of aromatic hydroxyl groups is 1. The van der Waals surface area contributed by atoms with Gasteiger partial charge in [0.05, 0.1) is 19.8 Å². The summed E-state index contributed by atoms with van der Waals surface area (Å²) in [5.74, 6) is -2.04. The van der Waals surface area contributed by atoms with Gasteiger partial charge >= 0.3 is 7.82 Å². The third-order valence-corrected chi connectivity index (χ3v) is 6.84. The Hall–Kier alpha value is -2.08. The van der Waals surface area contributed by atoms with Crippen molar-refractivity contribution < 1.29 is 42.7 Å². The molecule has 1 amide bonds. The third kappa shape index (κ3) is 3.94. The van der Waals surface area contributed by atoms with Gasteiger partial charge in [-0.15, -0.1) is 0 Å². The Morgan fingerprint density at radius 3 is 2.50 bits per heavy atom. The molecule has 3 aliphatic rings. The molecule has 0 radical (unpaired) electrons. The van der Waals surface area contributed by atoms with Crippen LogP contribution in [0.25, 0.3) is 0 Å². The minimum atomic E-state index is -3.91. The van der Waals surface area contributed by atoms with Crippen LogP contribution < -0.4 is 5.73 Å². The summed E-state index contributed by atoms with van der Waals surface area (Å²) in [6.45, 7) is -0.0823. The molecule has 1 aromatic rings. The number of phosphoric ester groups is 1. The maximum absolute atomic E-state index is 12.8. The smallest absolute Gasteiger partial charge is 0.474 e. The Kier molecular flexibility index (Phi) is 5.80. The van der Waals surface area contributed by atoms with E-state index in [0.29, 0.717) is 0 Å². The number of phosphoric acid groups is 1. The quantitative estimate of drug-likeness (QED) is 0.423. The van der Waals surface area contributed by atoms with Crippen LogP contribution in [-0.2, 0) is 27.7 Å². The van der Waals surface area contributed by atoms with E-state index in [0.717, 1.165) is 23.7 Å². The van der Waals surface area contributed by atoms with E-state index in [2.05, 4.69) is 4.98 Å². The van der Waals surface area contributed by atoms with Crippen LogP contribution in [0.3, 0.4) is 0 Å². The van der Waals surface area contributed by atoms with E-state index >= 15 is 0 Å². The first kappa shape index (κ1) is 21.2.